The van der Waals surface area contributed by atoms with E-state index in [1.54, 1.807) is 0 Å². The van der Waals surface area contributed by atoms with Crippen LogP contribution in [0.2, 0.25) is 0 Å². The Balaban J connectivity index is 2.84. The van der Waals surface area contributed by atoms with E-state index in [0.717, 1.165) is 16.7 Å². The van der Waals surface area contributed by atoms with Crippen LogP contribution in [0.3, 0.4) is 0 Å². The highest BCUT2D eigenvalue weighted by molar-refractivity contribution is 5.81. The zero-order chi connectivity index (χ0) is 13.5. The summed E-state index contributed by atoms with van der Waals surface area (Å²) in [6, 6.07) is 5.27. The van der Waals surface area contributed by atoms with Crippen molar-refractivity contribution in [2.75, 3.05) is 13.1 Å². The largest absolute Gasteiger partial charge is 0.368 e. The van der Waals surface area contributed by atoms with Gasteiger partial charge in [-0.05, 0) is 30.5 Å². The Morgan fingerprint density at radius 2 is 2.28 bits per heavy atom. The van der Waals surface area contributed by atoms with Crippen molar-refractivity contribution in [3.05, 3.63) is 45.3 Å². The van der Waals surface area contributed by atoms with Gasteiger partial charge in [0.1, 0.15) is 6.04 Å². The molecular weight excluding hydrogens is 230 g/mol. The van der Waals surface area contributed by atoms with Gasteiger partial charge < -0.3 is 11.1 Å². The Labute approximate surface area is 106 Å². The molecule has 1 atom stereocenters. The fraction of sp³-hybridized carbons (Fsp3) is 0.417. The summed E-state index contributed by atoms with van der Waals surface area (Å²) >= 11 is 0. The molecule has 1 aromatic carbocycles. The number of amides is 1. The normalized spacial score (nSPS) is 11.7. The molecule has 0 saturated heterocycles. The Morgan fingerprint density at radius 3 is 2.83 bits per heavy atom. The summed E-state index contributed by atoms with van der Waals surface area (Å²) < 4.78 is 0. The highest BCUT2D eigenvalue weighted by atomic mass is 16.1. The summed E-state index contributed by atoms with van der Waals surface area (Å²) in [6.07, 6.45) is 0. The van der Waals surface area contributed by atoms with Crippen LogP contribution >= 0.6 is 0 Å². The predicted molar refractivity (Wildman–Crippen MR) is 69.9 cm³/mol. The van der Waals surface area contributed by atoms with E-state index in [1.165, 1.54) is 0 Å². The molecule has 1 rings (SSSR count). The van der Waals surface area contributed by atoms with E-state index in [2.05, 4.69) is 15.3 Å². The van der Waals surface area contributed by atoms with Crippen LogP contribution in [0.5, 0.6) is 0 Å². The summed E-state index contributed by atoms with van der Waals surface area (Å²) in [7, 11) is 0. The van der Waals surface area contributed by atoms with Gasteiger partial charge in [-0.2, -0.15) is 0 Å². The number of hydrogen-bond donors (Lipinski definition) is 2. The van der Waals surface area contributed by atoms with Crippen LogP contribution in [0.1, 0.15) is 22.7 Å². The lowest BCUT2D eigenvalue weighted by Crippen LogP contribution is -2.35. The first kappa shape index (κ1) is 14.0. The average molecular weight is 247 g/mol. The topological polar surface area (TPSA) is 104 Å². The van der Waals surface area contributed by atoms with Gasteiger partial charge in [0, 0.05) is 18.0 Å². The number of azide groups is 1. The lowest BCUT2D eigenvalue weighted by molar-refractivity contribution is -0.120. The summed E-state index contributed by atoms with van der Waals surface area (Å²) in [4.78, 5) is 14.1. The van der Waals surface area contributed by atoms with Crippen LogP contribution in [0, 0.1) is 13.8 Å². The molecule has 0 bridgehead atoms. The SMILES string of the molecule is Cc1ccc(C(NCCN=[N+]=[N-])C(N)=O)c(C)c1. The van der Waals surface area contributed by atoms with E-state index < -0.39 is 11.9 Å². The summed E-state index contributed by atoms with van der Waals surface area (Å²) in [6.45, 7) is 4.62. The first-order valence-electron chi connectivity index (χ1n) is 5.67. The number of nitrogens with two attached hydrogens (primary N) is 1. The molecule has 1 amide bonds. The van der Waals surface area contributed by atoms with Gasteiger partial charge >= 0.3 is 0 Å². The summed E-state index contributed by atoms with van der Waals surface area (Å²) in [5.41, 5.74) is 16.6. The van der Waals surface area contributed by atoms with Crippen LogP contribution in [0.15, 0.2) is 23.3 Å². The molecule has 0 aliphatic carbocycles. The van der Waals surface area contributed by atoms with Gasteiger partial charge in [-0.15, -0.1) is 0 Å². The van der Waals surface area contributed by atoms with Crippen LogP contribution in [-0.4, -0.2) is 19.0 Å². The third-order valence-electron chi connectivity index (χ3n) is 2.64. The lowest BCUT2D eigenvalue weighted by atomic mass is 9.99. The molecule has 18 heavy (non-hydrogen) atoms. The van der Waals surface area contributed by atoms with E-state index in [-0.39, 0.29) is 6.54 Å². The molecule has 0 spiro atoms. The second kappa shape index (κ2) is 6.64. The lowest BCUT2D eigenvalue weighted by Gasteiger charge is -2.17. The van der Waals surface area contributed by atoms with E-state index >= 15 is 0 Å². The third-order valence-corrected chi connectivity index (χ3v) is 2.64. The van der Waals surface area contributed by atoms with Gasteiger partial charge in [0.05, 0.1) is 0 Å². The molecule has 0 saturated carbocycles. The molecule has 0 radical (unpaired) electrons. The Hall–Kier alpha value is -2.04. The maximum atomic E-state index is 11.5. The van der Waals surface area contributed by atoms with Crippen LogP contribution in [-0.2, 0) is 4.79 Å². The fourth-order valence-corrected chi connectivity index (χ4v) is 1.82. The highest BCUT2D eigenvalue weighted by Crippen LogP contribution is 2.18. The van der Waals surface area contributed by atoms with Crippen LogP contribution in [0.25, 0.3) is 10.4 Å². The van der Waals surface area contributed by atoms with Crippen molar-refractivity contribution >= 4 is 5.91 Å². The monoisotopic (exact) mass is 247 g/mol. The molecular formula is C12H17N5O. The molecule has 96 valence electrons. The first-order chi connectivity index (χ1) is 8.56. The summed E-state index contributed by atoms with van der Waals surface area (Å²) in [5, 5.41) is 6.39. The highest BCUT2D eigenvalue weighted by Gasteiger charge is 2.18. The number of primary amides is 1. The van der Waals surface area contributed by atoms with Crippen molar-refractivity contribution in [3.63, 3.8) is 0 Å². The van der Waals surface area contributed by atoms with E-state index in [0.29, 0.717) is 6.54 Å². The molecule has 0 aromatic heterocycles. The molecule has 1 aromatic rings. The molecule has 0 aliphatic heterocycles. The minimum atomic E-state index is -0.556. The Morgan fingerprint density at radius 1 is 1.56 bits per heavy atom. The number of benzene rings is 1. The van der Waals surface area contributed by atoms with E-state index in [1.807, 2.05) is 32.0 Å². The van der Waals surface area contributed by atoms with Gasteiger partial charge in [0.25, 0.3) is 0 Å². The molecule has 1 unspecified atom stereocenters. The van der Waals surface area contributed by atoms with Crippen molar-refractivity contribution in [3.8, 4) is 0 Å². The van der Waals surface area contributed by atoms with Gasteiger partial charge in [0.15, 0.2) is 0 Å². The number of carbonyl (C=O) groups is 1. The molecule has 0 heterocycles. The first-order valence-corrected chi connectivity index (χ1v) is 5.67. The molecule has 0 fully saturated rings. The Bertz CT molecular complexity index is 479. The number of hydrogen-bond acceptors (Lipinski definition) is 3. The Kier molecular flexibility index (Phi) is 5.17. The number of nitrogens with zero attached hydrogens (tertiary/aromatic N) is 3. The van der Waals surface area contributed by atoms with E-state index in [4.69, 9.17) is 11.3 Å². The number of aryl methyl sites for hydroxylation is 2. The quantitative estimate of drug-likeness (QED) is 0.346. The molecule has 6 heteroatoms. The van der Waals surface area contributed by atoms with Crippen molar-refractivity contribution < 1.29 is 4.79 Å². The van der Waals surface area contributed by atoms with Crippen molar-refractivity contribution in [2.24, 2.45) is 10.8 Å². The third kappa shape index (κ3) is 3.76. The van der Waals surface area contributed by atoms with Gasteiger partial charge in [-0.3, -0.25) is 4.79 Å². The average Bonchev–Trinajstić information content (AvgIpc) is 2.30. The van der Waals surface area contributed by atoms with E-state index in [9.17, 15) is 4.79 Å². The van der Waals surface area contributed by atoms with Crippen molar-refractivity contribution in [1.29, 1.82) is 0 Å². The standard InChI is InChI=1S/C12H17N5O/c1-8-3-4-10(9(2)7-8)11(12(13)18)15-5-6-16-17-14/h3-4,7,11,15H,5-6H2,1-2H3,(H2,13,18). The van der Waals surface area contributed by atoms with Crippen molar-refractivity contribution in [2.45, 2.75) is 19.9 Å². The zero-order valence-corrected chi connectivity index (χ0v) is 10.6. The summed E-state index contributed by atoms with van der Waals surface area (Å²) in [5.74, 6) is -0.442. The predicted octanol–water partition coefficient (Wildman–Crippen LogP) is 1.73. The zero-order valence-electron chi connectivity index (χ0n) is 10.6. The number of rotatable bonds is 6. The maximum absolute atomic E-state index is 11.5. The van der Waals surface area contributed by atoms with Crippen molar-refractivity contribution in [1.82, 2.24) is 5.32 Å². The van der Waals surface area contributed by atoms with Crippen LogP contribution in [0.4, 0.5) is 0 Å². The minimum absolute atomic E-state index is 0.283. The second-order valence-electron chi connectivity index (χ2n) is 4.10. The molecule has 0 aliphatic rings. The van der Waals surface area contributed by atoms with Gasteiger partial charge in [-0.1, -0.05) is 28.9 Å². The smallest absolute Gasteiger partial charge is 0.239 e. The molecule has 3 N–H and O–H groups in total. The van der Waals surface area contributed by atoms with Gasteiger partial charge in [-0.25, -0.2) is 0 Å². The fourth-order valence-electron chi connectivity index (χ4n) is 1.82. The minimum Gasteiger partial charge on any atom is -0.368 e. The molecule has 6 nitrogen and oxygen atoms in total. The maximum Gasteiger partial charge on any atom is 0.239 e. The van der Waals surface area contributed by atoms with Gasteiger partial charge in [0.2, 0.25) is 5.91 Å². The number of carbonyl (C=O) groups excluding carboxylic acids is 1. The van der Waals surface area contributed by atoms with Crippen LogP contribution < -0.4 is 11.1 Å². The number of nitrogens with one attached hydrogen (secondary N) is 1. The second-order valence-corrected chi connectivity index (χ2v) is 4.10.